The summed E-state index contributed by atoms with van der Waals surface area (Å²) in [6.45, 7) is 2.06. The van der Waals surface area contributed by atoms with Crippen molar-refractivity contribution in [2.45, 2.75) is 6.92 Å². The molecule has 0 atom stereocenters. The molecule has 0 spiro atoms. The molecule has 4 heteroatoms. The quantitative estimate of drug-likeness (QED) is 0.689. The van der Waals surface area contributed by atoms with E-state index in [1.54, 1.807) is 17.7 Å². The van der Waals surface area contributed by atoms with Gasteiger partial charge in [0.2, 0.25) is 4.96 Å². The third-order valence-corrected chi connectivity index (χ3v) is 3.73. The fourth-order valence-electron chi connectivity index (χ4n) is 1.70. The van der Waals surface area contributed by atoms with Crippen molar-refractivity contribution >= 4 is 28.4 Å². The van der Waals surface area contributed by atoms with E-state index in [9.17, 15) is 0 Å². The van der Waals surface area contributed by atoms with Gasteiger partial charge in [-0.25, -0.2) is 9.50 Å². The van der Waals surface area contributed by atoms with Crippen LogP contribution in [0.5, 0.6) is 0 Å². The van der Waals surface area contributed by atoms with E-state index in [0.717, 1.165) is 10.7 Å². The van der Waals surface area contributed by atoms with Gasteiger partial charge in [-0.3, -0.25) is 0 Å². The Morgan fingerprint density at radius 3 is 2.76 bits per heavy atom. The molecule has 0 aliphatic rings. The SMILES string of the molecule is Cc1c(/C=C/c2ccccc2)sc2ncnn12. The zero-order valence-electron chi connectivity index (χ0n) is 9.37. The van der Waals surface area contributed by atoms with Crippen LogP contribution in [0.1, 0.15) is 16.1 Å². The standard InChI is InChI=1S/C13H11N3S/c1-10-12(17-13-14-9-15-16(10)13)8-7-11-5-3-2-4-6-11/h2-9H,1H3/b8-7+. The van der Waals surface area contributed by atoms with Gasteiger partial charge in [0.1, 0.15) is 6.33 Å². The Hall–Kier alpha value is -1.94. The van der Waals surface area contributed by atoms with Gasteiger partial charge in [-0.15, -0.1) is 0 Å². The first-order valence-electron chi connectivity index (χ1n) is 5.37. The maximum Gasteiger partial charge on any atom is 0.212 e. The van der Waals surface area contributed by atoms with Crippen molar-refractivity contribution in [3.63, 3.8) is 0 Å². The zero-order chi connectivity index (χ0) is 11.7. The molecule has 3 aromatic rings. The smallest absolute Gasteiger partial charge is 0.208 e. The maximum absolute atomic E-state index is 4.19. The van der Waals surface area contributed by atoms with Gasteiger partial charge in [-0.1, -0.05) is 47.7 Å². The Morgan fingerprint density at radius 1 is 1.18 bits per heavy atom. The van der Waals surface area contributed by atoms with Crippen LogP contribution in [0.3, 0.4) is 0 Å². The predicted molar refractivity (Wildman–Crippen MR) is 71.0 cm³/mol. The molecule has 3 rings (SSSR count). The summed E-state index contributed by atoms with van der Waals surface area (Å²) in [6, 6.07) is 10.3. The first kappa shape index (κ1) is 10.2. The molecule has 2 heterocycles. The Bertz CT molecular complexity index is 664. The lowest BCUT2D eigenvalue weighted by Gasteiger charge is -1.92. The predicted octanol–water partition coefficient (Wildman–Crippen LogP) is 3.27. The normalized spacial score (nSPS) is 11.6. The molecule has 84 valence electrons. The Kier molecular flexibility index (Phi) is 2.49. The molecule has 2 aromatic heterocycles. The molecule has 0 radical (unpaired) electrons. The zero-order valence-corrected chi connectivity index (χ0v) is 10.2. The Morgan fingerprint density at radius 2 is 2.00 bits per heavy atom. The van der Waals surface area contributed by atoms with E-state index in [1.807, 2.05) is 22.7 Å². The van der Waals surface area contributed by atoms with Crippen molar-refractivity contribution in [1.29, 1.82) is 0 Å². The van der Waals surface area contributed by atoms with Crippen LogP contribution in [0.15, 0.2) is 36.7 Å². The van der Waals surface area contributed by atoms with Crippen LogP contribution in [0.25, 0.3) is 17.1 Å². The fourth-order valence-corrected chi connectivity index (χ4v) is 2.64. The number of hydrogen-bond acceptors (Lipinski definition) is 3. The average Bonchev–Trinajstić information content (AvgIpc) is 2.92. The molecular formula is C13H11N3S. The molecule has 0 unspecified atom stereocenters. The maximum atomic E-state index is 4.19. The van der Waals surface area contributed by atoms with E-state index in [-0.39, 0.29) is 0 Å². The summed E-state index contributed by atoms with van der Waals surface area (Å²) in [5.41, 5.74) is 2.33. The Balaban J connectivity index is 1.97. The van der Waals surface area contributed by atoms with Crippen LogP contribution in [-0.4, -0.2) is 14.6 Å². The number of thiazole rings is 1. The molecular weight excluding hydrogens is 230 g/mol. The average molecular weight is 241 g/mol. The number of aryl methyl sites for hydroxylation is 1. The van der Waals surface area contributed by atoms with E-state index in [1.165, 1.54) is 10.4 Å². The fraction of sp³-hybridized carbons (Fsp3) is 0.0769. The van der Waals surface area contributed by atoms with Crippen LogP contribution in [0.4, 0.5) is 0 Å². The summed E-state index contributed by atoms with van der Waals surface area (Å²) >= 11 is 1.65. The highest BCUT2D eigenvalue weighted by molar-refractivity contribution is 7.18. The largest absolute Gasteiger partial charge is 0.212 e. The van der Waals surface area contributed by atoms with Crippen LogP contribution >= 0.6 is 11.3 Å². The summed E-state index contributed by atoms with van der Waals surface area (Å²) in [5.74, 6) is 0. The van der Waals surface area contributed by atoms with E-state index < -0.39 is 0 Å². The van der Waals surface area contributed by atoms with E-state index in [4.69, 9.17) is 0 Å². The second kappa shape index (κ2) is 4.14. The minimum atomic E-state index is 0.940. The molecule has 3 nitrogen and oxygen atoms in total. The van der Waals surface area contributed by atoms with Crippen LogP contribution in [0.2, 0.25) is 0 Å². The van der Waals surface area contributed by atoms with Crippen molar-refractivity contribution in [1.82, 2.24) is 14.6 Å². The van der Waals surface area contributed by atoms with Gasteiger partial charge in [0, 0.05) is 0 Å². The van der Waals surface area contributed by atoms with Gasteiger partial charge in [0.05, 0.1) is 10.6 Å². The van der Waals surface area contributed by atoms with Crippen molar-refractivity contribution in [2.24, 2.45) is 0 Å². The van der Waals surface area contributed by atoms with E-state index in [2.05, 4.69) is 41.3 Å². The summed E-state index contributed by atoms with van der Waals surface area (Å²) < 4.78 is 1.87. The third-order valence-electron chi connectivity index (χ3n) is 2.62. The monoisotopic (exact) mass is 241 g/mol. The second-order valence-electron chi connectivity index (χ2n) is 3.75. The summed E-state index contributed by atoms with van der Waals surface area (Å²) in [7, 11) is 0. The molecule has 17 heavy (non-hydrogen) atoms. The molecule has 0 amide bonds. The number of aromatic nitrogens is 3. The minimum absolute atomic E-state index is 0.940. The molecule has 0 bridgehead atoms. The van der Waals surface area contributed by atoms with Crippen molar-refractivity contribution in [2.75, 3.05) is 0 Å². The third kappa shape index (κ3) is 1.87. The first-order valence-corrected chi connectivity index (χ1v) is 6.18. The number of nitrogens with zero attached hydrogens (tertiary/aromatic N) is 3. The van der Waals surface area contributed by atoms with Gasteiger partial charge in [-0.2, -0.15) is 5.10 Å². The molecule has 0 N–H and O–H groups in total. The Labute approximate surface area is 103 Å². The van der Waals surface area contributed by atoms with Crippen LogP contribution < -0.4 is 0 Å². The van der Waals surface area contributed by atoms with Crippen LogP contribution in [-0.2, 0) is 0 Å². The summed E-state index contributed by atoms with van der Waals surface area (Å²) in [4.78, 5) is 6.33. The number of benzene rings is 1. The van der Waals surface area contributed by atoms with E-state index in [0.29, 0.717) is 0 Å². The minimum Gasteiger partial charge on any atom is -0.208 e. The molecule has 0 saturated carbocycles. The summed E-state index contributed by atoms with van der Waals surface area (Å²) in [6.07, 6.45) is 5.81. The second-order valence-corrected chi connectivity index (χ2v) is 4.76. The highest BCUT2D eigenvalue weighted by Crippen LogP contribution is 2.22. The topological polar surface area (TPSA) is 30.2 Å². The lowest BCUT2D eigenvalue weighted by molar-refractivity contribution is 0.930. The number of hydrogen-bond donors (Lipinski definition) is 0. The van der Waals surface area contributed by atoms with Gasteiger partial charge >= 0.3 is 0 Å². The molecule has 1 aromatic carbocycles. The molecule has 0 aliphatic carbocycles. The van der Waals surface area contributed by atoms with Gasteiger partial charge in [0.25, 0.3) is 0 Å². The lowest BCUT2D eigenvalue weighted by atomic mass is 10.2. The highest BCUT2D eigenvalue weighted by atomic mass is 32.1. The first-order chi connectivity index (χ1) is 8.34. The van der Waals surface area contributed by atoms with Crippen molar-refractivity contribution < 1.29 is 0 Å². The molecule has 0 aliphatic heterocycles. The number of fused-ring (bicyclic) bond motifs is 1. The summed E-state index contributed by atoms with van der Waals surface area (Å²) in [5, 5.41) is 4.18. The van der Waals surface area contributed by atoms with Crippen molar-refractivity contribution in [3.8, 4) is 0 Å². The van der Waals surface area contributed by atoms with Gasteiger partial charge in [0.15, 0.2) is 0 Å². The van der Waals surface area contributed by atoms with Crippen LogP contribution in [0, 0.1) is 6.92 Å². The van der Waals surface area contributed by atoms with E-state index >= 15 is 0 Å². The number of rotatable bonds is 2. The van der Waals surface area contributed by atoms with Gasteiger partial charge in [-0.05, 0) is 18.6 Å². The van der Waals surface area contributed by atoms with Gasteiger partial charge < -0.3 is 0 Å². The lowest BCUT2D eigenvalue weighted by Crippen LogP contribution is -1.86. The molecule has 0 saturated heterocycles. The highest BCUT2D eigenvalue weighted by Gasteiger charge is 2.06. The van der Waals surface area contributed by atoms with Crippen molar-refractivity contribution in [3.05, 3.63) is 52.8 Å². The molecule has 0 fully saturated rings.